The summed E-state index contributed by atoms with van der Waals surface area (Å²) in [5, 5.41) is 0. The van der Waals surface area contributed by atoms with Crippen LogP contribution in [0.1, 0.15) is 11.1 Å². The molecule has 98 valence electrons. The Morgan fingerprint density at radius 2 is 1.79 bits per heavy atom. The lowest BCUT2D eigenvalue weighted by Crippen LogP contribution is -2.31. The molecule has 4 heteroatoms. The highest BCUT2D eigenvalue weighted by Crippen LogP contribution is 2.31. The molecule has 0 atom stereocenters. The number of halogens is 2. The van der Waals surface area contributed by atoms with Crippen LogP contribution in [0.15, 0.2) is 36.4 Å². The molecule has 0 aromatic heterocycles. The van der Waals surface area contributed by atoms with E-state index in [4.69, 9.17) is 5.73 Å². The molecule has 0 radical (unpaired) electrons. The van der Waals surface area contributed by atoms with Gasteiger partial charge in [0.2, 0.25) is 0 Å². The molecule has 0 fully saturated rings. The maximum Gasteiger partial charge on any atom is 0.151 e. The van der Waals surface area contributed by atoms with E-state index in [9.17, 15) is 8.78 Å². The quantitative estimate of drug-likeness (QED) is 0.798. The second kappa shape index (κ2) is 4.53. The van der Waals surface area contributed by atoms with Crippen LogP contribution in [0.4, 0.5) is 20.2 Å². The van der Waals surface area contributed by atoms with Gasteiger partial charge in [-0.15, -0.1) is 0 Å². The van der Waals surface area contributed by atoms with Gasteiger partial charge in [-0.25, -0.2) is 8.78 Å². The maximum absolute atomic E-state index is 13.5. The van der Waals surface area contributed by atoms with Crippen molar-refractivity contribution in [1.29, 1.82) is 0 Å². The fourth-order valence-electron chi connectivity index (χ4n) is 2.53. The lowest BCUT2D eigenvalue weighted by atomic mass is 9.99. The van der Waals surface area contributed by atoms with Crippen LogP contribution in [-0.2, 0) is 13.0 Å². The van der Waals surface area contributed by atoms with Crippen LogP contribution in [0.25, 0.3) is 0 Å². The van der Waals surface area contributed by atoms with Gasteiger partial charge in [0, 0.05) is 19.2 Å². The first-order chi connectivity index (χ1) is 9.15. The predicted molar refractivity (Wildman–Crippen MR) is 72.0 cm³/mol. The molecule has 0 saturated carbocycles. The van der Waals surface area contributed by atoms with Gasteiger partial charge in [0.1, 0.15) is 5.82 Å². The van der Waals surface area contributed by atoms with E-state index in [1.165, 1.54) is 17.2 Å². The number of benzene rings is 2. The molecule has 2 aromatic rings. The standard InChI is InChI=1S/C15H14F2N2/c16-12-7-13(17)15(18)14(8-12)19-6-5-10-3-1-2-4-11(10)9-19/h1-4,7-8H,5-6,9,18H2. The first-order valence-corrected chi connectivity index (χ1v) is 6.21. The van der Waals surface area contributed by atoms with Crippen molar-refractivity contribution >= 4 is 11.4 Å². The summed E-state index contributed by atoms with van der Waals surface area (Å²) in [6.07, 6.45) is 0.855. The average Bonchev–Trinajstić information content (AvgIpc) is 2.42. The zero-order valence-electron chi connectivity index (χ0n) is 10.4. The summed E-state index contributed by atoms with van der Waals surface area (Å²) in [7, 11) is 0. The van der Waals surface area contributed by atoms with Crippen molar-refractivity contribution in [3.05, 3.63) is 59.2 Å². The summed E-state index contributed by atoms with van der Waals surface area (Å²) in [4.78, 5) is 1.92. The Hall–Kier alpha value is -2.10. The van der Waals surface area contributed by atoms with Gasteiger partial charge in [0.25, 0.3) is 0 Å². The molecule has 1 aliphatic rings. The molecule has 1 aliphatic heterocycles. The molecule has 2 nitrogen and oxygen atoms in total. The van der Waals surface area contributed by atoms with Gasteiger partial charge in [-0.05, 0) is 23.6 Å². The first kappa shape index (κ1) is 12.0. The van der Waals surface area contributed by atoms with Crippen LogP contribution in [0.5, 0.6) is 0 Å². The predicted octanol–water partition coefficient (Wildman–Crippen LogP) is 3.11. The van der Waals surface area contributed by atoms with Gasteiger partial charge in [-0.1, -0.05) is 24.3 Å². The highest BCUT2D eigenvalue weighted by atomic mass is 19.1. The van der Waals surface area contributed by atoms with Crippen LogP contribution >= 0.6 is 0 Å². The lowest BCUT2D eigenvalue weighted by Gasteiger charge is -2.31. The van der Waals surface area contributed by atoms with Crippen molar-refractivity contribution in [2.24, 2.45) is 0 Å². The number of hydrogen-bond donors (Lipinski definition) is 1. The van der Waals surface area contributed by atoms with Crippen molar-refractivity contribution in [1.82, 2.24) is 0 Å². The highest BCUT2D eigenvalue weighted by Gasteiger charge is 2.20. The number of nitrogens with two attached hydrogens (primary N) is 1. The van der Waals surface area contributed by atoms with E-state index in [2.05, 4.69) is 6.07 Å². The van der Waals surface area contributed by atoms with E-state index in [1.807, 2.05) is 23.1 Å². The minimum absolute atomic E-state index is 0.0146. The van der Waals surface area contributed by atoms with E-state index < -0.39 is 11.6 Å². The largest absolute Gasteiger partial charge is 0.395 e. The van der Waals surface area contributed by atoms with Crippen molar-refractivity contribution in [3.63, 3.8) is 0 Å². The van der Waals surface area contributed by atoms with Crippen molar-refractivity contribution in [2.75, 3.05) is 17.2 Å². The minimum atomic E-state index is -0.700. The van der Waals surface area contributed by atoms with Crippen LogP contribution < -0.4 is 10.6 Å². The fraction of sp³-hybridized carbons (Fsp3) is 0.200. The molecule has 0 aliphatic carbocycles. The van der Waals surface area contributed by atoms with Crippen molar-refractivity contribution in [3.8, 4) is 0 Å². The van der Waals surface area contributed by atoms with Crippen LogP contribution in [-0.4, -0.2) is 6.54 Å². The van der Waals surface area contributed by atoms with Crippen molar-refractivity contribution in [2.45, 2.75) is 13.0 Å². The second-order valence-electron chi connectivity index (χ2n) is 4.76. The molecule has 0 amide bonds. The number of fused-ring (bicyclic) bond motifs is 1. The molecule has 0 spiro atoms. The SMILES string of the molecule is Nc1c(F)cc(F)cc1N1CCc2ccccc2C1. The monoisotopic (exact) mass is 260 g/mol. The van der Waals surface area contributed by atoms with Gasteiger partial charge >= 0.3 is 0 Å². The summed E-state index contributed by atoms with van der Waals surface area (Å²) >= 11 is 0. The number of rotatable bonds is 1. The van der Waals surface area contributed by atoms with Crippen LogP contribution in [0.3, 0.4) is 0 Å². The molecular weight excluding hydrogens is 246 g/mol. The summed E-state index contributed by atoms with van der Waals surface area (Å²) in [6, 6.07) is 10.2. The Balaban J connectivity index is 1.97. The molecule has 1 heterocycles. The van der Waals surface area contributed by atoms with E-state index in [-0.39, 0.29) is 5.69 Å². The molecule has 3 rings (SSSR count). The third-order valence-corrected chi connectivity index (χ3v) is 3.54. The van der Waals surface area contributed by atoms with E-state index in [0.717, 1.165) is 12.5 Å². The van der Waals surface area contributed by atoms with E-state index in [1.54, 1.807) is 0 Å². The third-order valence-electron chi connectivity index (χ3n) is 3.54. The summed E-state index contributed by atoms with van der Waals surface area (Å²) in [6.45, 7) is 1.34. The Kier molecular flexibility index (Phi) is 2.85. The van der Waals surface area contributed by atoms with Gasteiger partial charge in [0.15, 0.2) is 5.82 Å². The Labute approximate surface area is 110 Å². The molecule has 0 bridgehead atoms. The van der Waals surface area contributed by atoms with E-state index in [0.29, 0.717) is 18.8 Å². The average molecular weight is 260 g/mol. The highest BCUT2D eigenvalue weighted by molar-refractivity contribution is 5.69. The van der Waals surface area contributed by atoms with E-state index >= 15 is 0 Å². The van der Waals surface area contributed by atoms with Gasteiger partial charge in [0.05, 0.1) is 11.4 Å². The second-order valence-corrected chi connectivity index (χ2v) is 4.76. The number of hydrogen-bond acceptors (Lipinski definition) is 2. The lowest BCUT2D eigenvalue weighted by molar-refractivity contribution is 0.583. The zero-order valence-corrected chi connectivity index (χ0v) is 10.4. The third kappa shape index (κ3) is 2.14. The Morgan fingerprint density at radius 3 is 2.58 bits per heavy atom. The Morgan fingerprint density at radius 1 is 1.05 bits per heavy atom. The Bertz CT molecular complexity index is 626. The molecular formula is C15H14F2N2. The van der Waals surface area contributed by atoms with Gasteiger partial charge in [-0.2, -0.15) is 0 Å². The summed E-state index contributed by atoms with van der Waals surface area (Å²) < 4.78 is 26.8. The molecule has 19 heavy (non-hydrogen) atoms. The molecule has 2 N–H and O–H groups in total. The fourth-order valence-corrected chi connectivity index (χ4v) is 2.53. The number of nitrogens with zero attached hydrogens (tertiary/aromatic N) is 1. The van der Waals surface area contributed by atoms with Crippen molar-refractivity contribution < 1.29 is 8.78 Å². The number of anilines is 2. The molecule has 0 saturated heterocycles. The molecule has 0 unspecified atom stereocenters. The van der Waals surface area contributed by atoms with Gasteiger partial charge in [-0.3, -0.25) is 0 Å². The number of nitrogen functional groups attached to an aromatic ring is 1. The summed E-state index contributed by atoms with van der Waals surface area (Å²) in [5.41, 5.74) is 8.64. The minimum Gasteiger partial charge on any atom is -0.395 e. The van der Waals surface area contributed by atoms with Gasteiger partial charge < -0.3 is 10.6 Å². The normalized spacial score (nSPS) is 14.3. The van der Waals surface area contributed by atoms with Crippen LogP contribution in [0.2, 0.25) is 0 Å². The van der Waals surface area contributed by atoms with Crippen LogP contribution in [0, 0.1) is 11.6 Å². The summed E-state index contributed by atoms with van der Waals surface area (Å²) in [5.74, 6) is -1.30. The maximum atomic E-state index is 13.5. The first-order valence-electron chi connectivity index (χ1n) is 6.21. The smallest absolute Gasteiger partial charge is 0.151 e. The topological polar surface area (TPSA) is 29.3 Å². The zero-order chi connectivity index (χ0) is 13.4. The molecule has 2 aromatic carbocycles.